The van der Waals surface area contributed by atoms with Crippen molar-refractivity contribution in [1.82, 2.24) is 4.68 Å². The maximum Gasteiger partial charge on any atom is 0.143 e. The SMILES string of the molecule is NC([N-]C(Nn1c2ccccc2c2ccc(-c3cccc4c3oc3ccccc34)cc21)c1ccccc1)c1cccc(-c2ccccc2)c1. The fourth-order valence-corrected chi connectivity index (χ4v) is 6.98. The van der Waals surface area contributed by atoms with Crippen LogP contribution in [0.3, 0.4) is 0 Å². The van der Waals surface area contributed by atoms with E-state index in [1.165, 1.54) is 0 Å². The lowest BCUT2D eigenvalue weighted by Crippen LogP contribution is -2.24. The Labute approximate surface area is 284 Å². The van der Waals surface area contributed by atoms with Gasteiger partial charge in [0.15, 0.2) is 0 Å². The Morgan fingerprint density at radius 3 is 2.02 bits per heavy atom. The van der Waals surface area contributed by atoms with Gasteiger partial charge < -0.3 is 20.9 Å². The number of benzene rings is 7. The Balaban J connectivity index is 1.14. The maximum absolute atomic E-state index is 6.89. The summed E-state index contributed by atoms with van der Waals surface area (Å²) in [5.41, 5.74) is 20.9. The molecular formula is C44H33N4O-. The molecule has 5 nitrogen and oxygen atoms in total. The molecule has 0 radical (unpaired) electrons. The van der Waals surface area contributed by atoms with Gasteiger partial charge in [-0.25, -0.2) is 0 Å². The molecule has 49 heavy (non-hydrogen) atoms. The minimum atomic E-state index is -0.560. The third-order valence-electron chi connectivity index (χ3n) is 9.40. The standard InChI is InChI=1S/C44H33N4O/c45-43(33-18-11-17-31(27-33)29-13-3-1-4-14-29)46-44(30-15-5-2-6-16-30)47-48-39-23-9-7-19-35(39)36-26-25-32(28-40(36)48)34-21-12-22-38-37-20-8-10-24-41(37)49-42(34)38/h1-28,43-44,47H,45H2/q-1. The average Bonchev–Trinajstić information content (AvgIpc) is 3.70. The second-order valence-corrected chi connectivity index (χ2v) is 12.4. The molecule has 0 bridgehead atoms. The van der Waals surface area contributed by atoms with Crippen molar-refractivity contribution in [3.8, 4) is 22.3 Å². The second-order valence-electron chi connectivity index (χ2n) is 12.4. The molecule has 0 fully saturated rings. The molecule has 9 aromatic rings. The normalized spacial score (nSPS) is 12.9. The fourth-order valence-electron chi connectivity index (χ4n) is 6.98. The van der Waals surface area contributed by atoms with Crippen LogP contribution in [0.2, 0.25) is 0 Å². The lowest BCUT2D eigenvalue weighted by Gasteiger charge is -2.39. The van der Waals surface area contributed by atoms with Crippen molar-refractivity contribution in [1.29, 1.82) is 0 Å². The van der Waals surface area contributed by atoms with Crippen LogP contribution in [0.1, 0.15) is 23.5 Å². The highest BCUT2D eigenvalue weighted by molar-refractivity contribution is 6.12. The van der Waals surface area contributed by atoms with Gasteiger partial charge in [-0.3, -0.25) is 4.68 Å². The Morgan fingerprint density at radius 2 is 1.16 bits per heavy atom. The van der Waals surface area contributed by atoms with Crippen LogP contribution in [0.5, 0.6) is 0 Å². The number of nitrogens with two attached hydrogens (primary N) is 1. The van der Waals surface area contributed by atoms with Crippen LogP contribution in [0.15, 0.2) is 174 Å². The molecule has 236 valence electrons. The summed E-state index contributed by atoms with van der Waals surface area (Å²) >= 11 is 0. The molecule has 2 unspecified atom stereocenters. The van der Waals surface area contributed by atoms with Crippen LogP contribution >= 0.6 is 0 Å². The van der Waals surface area contributed by atoms with E-state index in [0.717, 1.165) is 77.1 Å². The second kappa shape index (κ2) is 12.1. The summed E-state index contributed by atoms with van der Waals surface area (Å²) < 4.78 is 8.60. The highest BCUT2D eigenvalue weighted by atomic mass is 16.3. The minimum absolute atomic E-state index is 0.432. The number of aromatic nitrogens is 1. The average molecular weight is 634 g/mol. The molecule has 0 aliphatic heterocycles. The Bertz CT molecular complexity index is 2590. The number of nitrogens with one attached hydrogen (secondary N) is 1. The van der Waals surface area contributed by atoms with Crippen LogP contribution < -0.4 is 11.2 Å². The van der Waals surface area contributed by atoms with Gasteiger partial charge in [0.05, 0.1) is 11.0 Å². The number of furan rings is 1. The monoisotopic (exact) mass is 633 g/mol. The van der Waals surface area contributed by atoms with Crippen LogP contribution in [0, 0.1) is 0 Å². The van der Waals surface area contributed by atoms with E-state index in [0.29, 0.717) is 0 Å². The van der Waals surface area contributed by atoms with Crippen molar-refractivity contribution in [2.24, 2.45) is 5.73 Å². The molecule has 9 rings (SSSR count). The Morgan fingerprint density at radius 1 is 0.510 bits per heavy atom. The van der Waals surface area contributed by atoms with E-state index in [-0.39, 0.29) is 0 Å². The third-order valence-corrected chi connectivity index (χ3v) is 9.40. The summed E-state index contributed by atoms with van der Waals surface area (Å²) in [6.07, 6.45) is -0.992. The molecule has 3 N–H and O–H groups in total. The van der Waals surface area contributed by atoms with Gasteiger partial charge >= 0.3 is 0 Å². The first-order valence-corrected chi connectivity index (χ1v) is 16.6. The number of hydrogen-bond acceptors (Lipinski definition) is 3. The Kier molecular flexibility index (Phi) is 7.20. The van der Waals surface area contributed by atoms with Gasteiger partial charge in [-0.1, -0.05) is 163 Å². The number of para-hydroxylation sites is 3. The topological polar surface area (TPSA) is 70.2 Å². The lowest BCUT2D eigenvalue weighted by molar-refractivity contribution is 0.670. The van der Waals surface area contributed by atoms with E-state index in [2.05, 4.69) is 137 Å². The zero-order valence-corrected chi connectivity index (χ0v) is 26.7. The molecule has 0 spiro atoms. The third kappa shape index (κ3) is 5.22. The van der Waals surface area contributed by atoms with Crippen LogP contribution in [-0.4, -0.2) is 4.68 Å². The quantitative estimate of drug-likeness (QED) is 0.175. The van der Waals surface area contributed by atoms with Crippen molar-refractivity contribution < 1.29 is 4.42 Å². The predicted molar refractivity (Wildman–Crippen MR) is 203 cm³/mol. The predicted octanol–water partition coefficient (Wildman–Crippen LogP) is 11.3. The number of hydrogen-bond donors (Lipinski definition) is 2. The van der Waals surface area contributed by atoms with Gasteiger partial charge in [0.1, 0.15) is 11.2 Å². The van der Waals surface area contributed by atoms with E-state index in [1.54, 1.807) is 0 Å². The first kappa shape index (κ1) is 29.0. The number of fused-ring (bicyclic) bond motifs is 6. The van der Waals surface area contributed by atoms with Crippen molar-refractivity contribution >= 4 is 43.7 Å². The van der Waals surface area contributed by atoms with Crippen molar-refractivity contribution in [2.75, 3.05) is 5.43 Å². The molecule has 0 saturated heterocycles. The molecular weight excluding hydrogens is 601 g/mol. The van der Waals surface area contributed by atoms with Crippen molar-refractivity contribution in [3.63, 3.8) is 0 Å². The Hall–Kier alpha value is -6.14. The van der Waals surface area contributed by atoms with Crippen molar-refractivity contribution in [2.45, 2.75) is 12.3 Å². The van der Waals surface area contributed by atoms with Gasteiger partial charge in [-0.15, -0.1) is 0 Å². The highest BCUT2D eigenvalue weighted by Gasteiger charge is 2.17. The first-order chi connectivity index (χ1) is 24.2. The maximum atomic E-state index is 6.89. The highest BCUT2D eigenvalue weighted by Crippen LogP contribution is 2.39. The molecule has 2 atom stereocenters. The molecule has 7 aromatic carbocycles. The summed E-state index contributed by atoms with van der Waals surface area (Å²) in [5, 5.41) is 9.75. The van der Waals surface area contributed by atoms with Gasteiger partial charge in [0, 0.05) is 27.1 Å². The summed E-state index contributed by atoms with van der Waals surface area (Å²) in [4.78, 5) is 0. The molecule has 0 aliphatic carbocycles. The van der Waals surface area contributed by atoms with Gasteiger partial charge in [0.25, 0.3) is 0 Å². The van der Waals surface area contributed by atoms with Gasteiger partial charge in [-0.2, -0.15) is 0 Å². The van der Waals surface area contributed by atoms with Gasteiger partial charge in [-0.05, 0) is 46.6 Å². The zero-order chi connectivity index (χ0) is 32.7. The lowest BCUT2D eigenvalue weighted by atomic mass is 10.0. The number of rotatable bonds is 8. The van der Waals surface area contributed by atoms with Crippen LogP contribution in [0.4, 0.5) is 0 Å². The van der Waals surface area contributed by atoms with Crippen molar-refractivity contribution in [3.05, 3.63) is 186 Å². The first-order valence-electron chi connectivity index (χ1n) is 16.6. The van der Waals surface area contributed by atoms with E-state index in [4.69, 9.17) is 15.5 Å². The minimum Gasteiger partial charge on any atom is -0.618 e. The van der Waals surface area contributed by atoms with E-state index in [9.17, 15) is 0 Å². The molecule has 0 aliphatic rings. The summed E-state index contributed by atoms with van der Waals surface area (Å²) in [6, 6.07) is 58.7. The molecule has 0 saturated carbocycles. The van der Waals surface area contributed by atoms with Crippen LogP contribution in [0.25, 0.3) is 71.3 Å². The van der Waals surface area contributed by atoms with Gasteiger partial charge in [0.2, 0.25) is 0 Å². The fraction of sp³-hybridized carbons (Fsp3) is 0.0455. The van der Waals surface area contributed by atoms with E-state index < -0.39 is 12.3 Å². The summed E-state index contributed by atoms with van der Waals surface area (Å²) in [5.74, 6) is 0. The molecule has 0 amide bonds. The molecule has 2 aromatic heterocycles. The summed E-state index contributed by atoms with van der Waals surface area (Å²) in [7, 11) is 0. The zero-order valence-electron chi connectivity index (χ0n) is 26.7. The van der Waals surface area contributed by atoms with E-state index in [1.807, 2.05) is 42.5 Å². The largest absolute Gasteiger partial charge is 0.618 e. The summed E-state index contributed by atoms with van der Waals surface area (Å²) in [6.45, 7) is 0. The molecule has 2 heterocycles. The van der Waals surface area contributed by atoms with E-state index >= 15 is 0 Å². The number of nitrogens with zero attached hydrogens (tertiary/aromatic N) is 2. The van der Waals surface area contributed by atoms with Crippen LogP contribution in [-0.2, 0) is 0 Å². The molecule has 5 heteroatoms. The smallest absolute Gasteiger partial charge is 0.143 e.